The molecule has 4 nitrogen and oxygen atoms in total. The molecule has 1 aromatic carbocycles. The lowest BCUT2D eigenvalue weighted by Gasteiger charge is -2.11. The molecular weight excluding hydrogens is 256 g/mol. The van der Waals surface area contributed by atoms with Gasteiger partial charge in [-0.1, -0.05) is 43.2 Å². The molecule has 0 amide bonds. The highest BCUT2D eigenvalue weighted by atomic mass is 16.5. The highest BCUT2D eigenvalue weighted by Gasteiger charge is 2.11. The van der Waals surface area contributed by atoms with Crippen LogP contribution in [0.25, 0.3) is 0 Å². The van der Waals surface area contributed by atoms with Gasteiger partial charge in [-0.05, 0) is 24.3 Å². The summed E-state index contributed by atoms with van der Waals surface area (Å²) in [6.07, 6.45) is 3.73. The Labute approximate surface area is 120 Å². The third-order valence-electron chi connectivity index (χ3n) is 3.23. The number of unbranched alkanes of at least 4 members (excludes halogenated alkanes) is 2. The van der Waals surface area contributed by atoms with E-state index in [2.05, 4.69) is 0 Å². The normalized spacial score (nSPS) is 12.2. The predicted octanol–water partition coefficient (Wildman–Crippen LogP) is 2.85. The van der Waals surface area contributed by atoms with E-state index in [0.29, 0.717) is 6.61 Å². The van der Waals surface area contributed by atoms with Crippen molar-refractivity contribution in [3.63, 3.8) is 0 Å². The van der Waals surface area contributed by atoms with Crippen molar-refractivity contribution in [1.29, 1.82) is 0 Å². The van der Waals surface area contributed by atoms with E-state index >= 15 is 0 Å². The molecule has 112 valence electrons. The molecule has 0 radical (unpaired) electrons. The first-order chi connectivity index (χ1) is 9.72. The number of hydrogen-bond acceptors (Lipinski definition) is 3. The van der Waals surface area contributed by atoms with Crippen molar-refractivity contribution in [3.05, 3.63) is 35.9 Å². The van der Waals surface area contributed by atoms with Crippen LogP contribution in [0.3, 0.4) is 0 Å². The van der Waals surface area contributed by atoms with E-state index in [1.165, 1.54) is 5.56 Å². The van der Waals surface area contributed by atoms with Gasteiger partial charge in [-0.2, -0.15) is 0 Å². The molecule has 0 unspecified atom stereocenters. The van der Waals surface area contributed by atoms with Gasteiger partial charge in [0.05, 0.1) is 13.0 Å². The van der Waals surface area contributed by atoms with E-state index < -0.39 is 5.97 Å². The van der Waals surface area contributed by atoms with E-state index in [1.54, 1.807) is 0 Å². The molecule has 0 saturated heterocycles. The van der Waals surface area contributed by atoms with Crippen LogP contribution in [0.15, 0.2) is 30.3 Å². The van der Waals surface area contributed by atoms with Crippen LogP contribution in [0.4, 0.5) is 0 Å². The molecule has 0 heterocycles. The minimum absolute atomic E-state index is 0.0448. The largest absolute Gasteiger partial charge is 0.481 e. The van der Waals surface area contributed by atoms with Crippen molar-refractivity contribution >= 4 is 5.97 Å². The summed E-state index contributed by atoms with van der Waals surface area (Å²) in [6.45, 7) is 1.31. The van der Waals surface area contributed by atoms with Crippen molar-refractivity contribution < 1.29 is 19.7 Å². The molecule has 0 spiro atoms. The number of aliphatic carboxylic acids is 1. The summed E-state index contributed by atoms with van der Waals surface area (Å²) in [6, 6.07) is 10.1. The van der Waals surface area contributed by atoms with Crippen LogP contribution < -0.4 is 0 Å². The summed E-state index contributed by atoms with van der Waals surface area (Å²) in [7, 11) is 0. The number of ether oxygens (including phenoxy) is 1. The van der Waals surface area contributed by atoms with Gasteiger partial charge >= 0.3 is 5.97 Å². The molecule has 0 aliphatic carbocycles. The van der Waals surface area contributed by atoms with Crippen LogP contribution in [-0.2, 0) is 16.1 Å². The monoisotopic (exact) mass is 280 g/mol. The Balaban J connectivity index is 1.98. The van der Waals surface area contributed by atoms with Gasteiger partial charge in [0.15, 0.2) is 0 Å². The maximum Gasteiger partial charge on any atom is 0.303 e. The van der Waals surface area contributed by atoms with E-state index in [0.717, 1.165) is 32.3 Å². The molecule has 0 aliphatic heterocycles. The molecule has 1 atom stereocenters. The molecule has 0 fully saturated rings. The maximum absolute atomic E-state index is 10.5. The first-order valence-corrected chi connectivity index (χ1v) is 7.16. The molecule has 1 aromatic rings. The lowest BCUT2D eigenvalue weighted by molar-refractivity contribution is -0.138. The van der Waals surface area contributed by atoms with Crippen LogP contribution in [0.1, 0.15) is 37.7 Å². The number of aliphatic hydroxyl groups excluding tert-OH is 1. The topological polar surface area (TPSA) is 66.8 Å². The van der Waals surface area contributed by atoms with Crippen LogP contribution in [0.2, 0.25) is 0 Å². The van der Waals surface area contributed by atoms with Crippen LogP contribution in [0.5, 0.6) is 0 Å². The summed E-state index contributed by atoms with van der Waals surface area (Å²) in [4.78, 5) is 10.5. The predicted molar refractivity (Wildman–Crippen MR) is 77.4 cm³/mol. The molecule has 4 heteroatoms. The smallest absolute Gasteiger partial charge is 0.303 e. The SMILES string of the molecule is O=C(O)C[C@@H](CO)CCCCCOCc1ccccc1. The highest BCUT2D eigenvalue weighted by molar-refractivity contribution is 5.67. The van der Waals surface area contributed by atoms with Gasteiger partial charge in [-0.3, -0.25) is 4.79 Å². The van der Waals surface area contributed by atoms with E-state index in [1.807, 2.05) is 30.3 Å². The van der Waals surface area contributed by atoms with E-state index in [4.69, 9.17) is 14.9 Å². The molecule has 0 saturated carbocycles. The zero-order valence-electron chi connectivity index (χ0n) is 11.8. The number of hydrogen-bond donors (Lipinski definition) is 2. The molecule has 0 bridgehead atoms. The third kappa shape index (κ3) is 7.92. The van der Waals surface area contributed by atoms with Crippen molar-refractivity contribution in [2.45, 2.75) is 38.7 Å². The van der Waals surface area contributed by atoms with Crippen LogP contribution in [0, 0.1) is 5.92 Å². The second kappa shape index (κ2) is 10.4. The molecule has 0 aromatic heterocycles. The zero-order chi connectivity index (χ0) is 14.6. The fourth-order valence-electron chi connectivity index (χ4n) is 2.08. The van der Waals surface area contributed by atoms with Crippen molar-refractivity contribution in [1.82, 2.24) is 0 Å². The first-order valence-electron chi connectivity index (χ1n) is 7.16. The number of carboxylic acid groups (broad SMARTS) is 1. The standard InChI is InChI=1S/C16H24O4/c17-12-15(11-16(18)19)9-5-2-6-10-20-13-14-7-3-1-4-8-14/h1,3-4,7-8,15,17H,2,5-6,9-13H2,(H,18,19)/t15-/m0/s1. The second-order valence-electron chi connectivity index (χ2n) is 5.03. The summed E-state index contributed by atoms with van der Waals surface area (Å²) >= 11 is 0. The van der Waals surface area contributed by atoms with Gasteiger partial charge in [0.2, 0.25) is 0 Å². The Hall–Kier alpha value is -1.39. The molecule has 20 heavy (non-hydrogen) atoms. The number of benzene rings is 1. The third-order valence-corrected chi connectivity index (χ3v) is 3.23. The summed E-state index contributed by atoms with van der Waals surface area (Å²) < 4.78 is 5.57. The van der Waals surface area contributed by atoms with Crippen LogP contribution in [-0.4, -0.2) is 29.4 Å². The van der Waals surface area contributed by atoms with Crippen molar-refractivity contribution in [2.24, 2.45) is 5.92 Å². The summed E-state index contributed by atoms with van der Waals surface area (Å²) in [5, 5.41) is 17.7. The lowest BCUT2D eigenvalue weighted by atomic mass is 9.99. The quantitative estimate of drug-likeness (QED) is 0.612. The summed E-state index contributed by atoms with van der Waals surface area (Å²) in [5.74, 6) is -0.951. The number of aliphatic hydroxyl groups is 1. The minimum Gasteiger partial charge on any atom is -0.481 e. The van der Waals surface area contributed by atoms with Gasteiger partial charge in [-0.15, -0.1) is 0 Å². The van der Waals surface area contributed by atoms with Crippen molar-refractivity contribution in [2.75, 3.05) is 13.2 Å². The Morgan fingerprint density at radius 2 is 1.90 bits per heavy atom. The molecule has 2 N–H and O–H groups in total. The number of carboxylic acids is 1. The van der Waals surface area contributed by atoms with E-state index in [-0.39, 0.29) is 18.9 Å². The Morgan fingerprint density at radius 3 is 2.55 bits per heavy atom. The van der Waals surface area contributed by atoms with Crippen LogP contribution >= 0.6 is 0 Å². The Morgan fingerprint density at radius 1 is 1.15 bits per heavy atom. The van der Waals surface area contributed by atoms with Gasteiger partial charge in [0.25, 0.3) is 0 Å². The summed E-state index contributed by atoms with van der Waals surface area (Å²) in [5.41, 5.74) is 1.18. The molecule has 0 aliphatic rings. The van der Waals surface area contributed by atoms with Gasteiger partial charge in [-0.25, -0.2) is 0 Å². The Kier molecular flexibility index (Phi) is 8.67. The fraction of sp³-hybridized carbons (Fsp3) is 0.562. The average molecular weight is 280 g/mol. The molecule has 1 rings (SSSR count). The highest BCUT2D eigenvalue weighted by Crippen LogP contribution is 2.13. The number of carbonyl (C=O) groups is 1. The van der Waals surface area contributed by atoms with Gasteiger partial charge in [0, 0.05) is 13.2 Å². The van der Waals surface area contributed by atoms with Crippen molar-refractivity contribution in [3.8, 4) is 0 Å². The van der Waals surface area contributed by atoms with Gasteiger partial charge < -0.3 is 14.9 Å². The maximum atomic E-state index is 10.5. The zero-order valence-corrected chi connectivity index (χ0v) is 11.8. The van der Waals surface area contributed by atoms with E-state index in [9.17, 15) is 4.79 Å². The molecular formula is C16H24O4. The Bertz CT molecular complexity index is 364. The average Bonchev–Trinajstić information content (AvgIpc) is 2.45. The fourth-order valence-corrected chi connectivity index (χ4v) is 2.08. The lowest BCUT2D eigenvalue weighted by Crippen LogP contribution is -2.11. The minimum atomic E-state index is -0.838. The van der Waals surface area contributed by atoms with Gasteiger partial charge in [0.1, 0.15) is 0 Å². The second-order valence-corrected chi connectivity index (χ2v) is 5.03. The first kappa shape index (κ1) is 16.7. The number of rotatable bonds is 11.